The fourth-order valence-electron chi connectivity index (χ4n) is 4.52. The number of amides is 2. The molecule has 0 unspecified atom stereocenters. The maximum atomic E-state index is 13.1. The molecule has 2 aromatic rings. The molecule has 0 spiro atoms. The summed E-state index contributed by atoms with van der Waals surface area (Å²) in [5.74, 6) is -0.704. The van der Waals surface area contributed by atoms with Crippen LogP contribution in [0.1, 0.15) is 42.4 Å². The fraction of sp³-hybridized carbons (Fsp3) is 0.391. The Bertz CT molecular complexity index is 1140. The summed E-state index contributed by atoms with van der Waals surface area (Å²) in [5, 5.41) is 0.471. The van der Waals surface area contributed by atoms with E-state index >= 15 is 0 Å². The number of imide groups is 1. The molecule has 4 rings (SSSR count). The van der Waals surface area contributed by atoms with Crippen LogP contribution >= 0.6 is 11.6 Å². The van der Waals surface area contributed by atoms with Crippen LogP contribution in [0.2, 0.25) is 5.02 Å². The van der Waals surface area contributed by atoms with Crippen molar-refractivity contribution in [3.8, 4) is 0 Å². The van der Waals surface area contributed by atoms with Crippen molar-refractivity contribution < 1.29 is 18.0 Å². The van der Waals surface area contributed by atoms with E-state index in [1.54, 1.807) is 50.2 Å². The highest BCUT2D eigenvalue weighted by Gasteiger charge is 2.47. The SMILES string of the molecule is Cc1ccc(CN2C(=O)[C@H]3CCCC[C@@H]3C2=O)cc1S(=O)(=O)Nc1cccc(Cl)c1C. The molecule has 2 aliphatic rings. The Morgan fingerprint density at radius 3 is 2.32 bits per heavy atom. The maximum Gasteiger partial charge on any atom is 0.262 e. The Hall–Kier alpha value is -2.38. The summed E-state index contributed by atoms with van der Waals surface area (Å²) in [7, 11) is -3.88. The Kier molecular flexibility index (Phi) is 5.83. The molecular weight excluding hydrogens is 436 g/mol. The molecule has 1 N–H and O–H groups in total. The van der Waals surface area contributed by atoms with Crippen molar-refractivity contribution in [2.75, 3.05) is 4.72 Å². The van der Waals surface area contributed by atoms with Gasteiger partial charge in [-0.3, -0.25) is 19.2 Å². The molecule has 8 heteroatoms. The maximum absolute atomic E-state index is 13.1. The Balaban J connectivity index is 1.61. The van der Waals surface area contributed by atoms with E-state index in [9.17, 15) is 18.0 Å². The van der Waals surface area contributed by atoms with Crippen molar-refractivity contribution in [1.82, 2.24) is 4.90 Å². The van der Waals surface area contributed by atoms with E-state index in [1.165, 1.54) is 4.90 Å². The molecule has 2 aromatic carbocycles. The minimum absolute atomic E-state index is 0.0870. The predicted octanol–water partition coefficient (Wildman–Crippen LogP) is 4.43. The quantitative estimate of drug-likeness (QED) is 0.669. The molecule has 0 bridgehead atoms. The van der Waals surface area contributed by atoms with Crippen molar-refractivity contribution in [3.05, 3.63) is 58.1 Å². The van der Waals surface area contributed by atoms with E-state index in [4.69, 9.17) is 11.6 Å². The zero-order valence-corrected chi connectivity index (χ0v) is 19.1. The highest BCUT2D eigenvalue weighted by molar-refractivity contribution is 7.92. The lowest BCUT2D eigenvalue weighted by molar-refractivity contribution is -0.140. The van der Waals surface area contributed by atoms with Gasteiger partial charge in [-0.25, -0.2) is 8.42 Å². The number of nitrogens with one attached hydrogen (secondary N) is 1. The number of hydrogen-bond acceptors (Lipinski definition) is 4. The number of carbonyl (C=O) groups excluding carboxylic acids is 2. The molecular formula is C23H25ClN2O4S. The Morgan fingerprint density at radius 1 is 1.03 bits per heavy atom. The summed E-state index contributed by atoms with van der Waals surface area (Å²) in [6.07, 6.45) is 3.44. The van der Waals surface area contributed by atoms with Crippen LogP contribution in [0.15, 0.2) is 41.3 Å². The van der Waals surface area contributed by atoms with Crippen LogP contribution in [-0.2, 0) is 26.2 Å². The number of anilines is 1. The number of aryl methyl sites for hydroxylation is 1. The molecule has 6 nitrogen and oxygen atoms in total. The zero-order chi connectivity index (χ0) is 22.3. The summed E-state index contributed by atoms with van der Waals surface area (Å²) in [6.45, 7) is 3.54. The van der Waals surface area contributed by atoms with Gasteiger partial charge in [0.05, 0.1) is 29.0 Å². The van der Waals surface area contributed by atoms with Gasteiger partial charge in [0.15, 0.2) is 0 Å². The molecule has 0 aromatic heterocycles. The van der Waals surface area contributed by atoms with Gasteiger partial charge >= 0.3 is 0 Å². The van der Waals surface area contributed by atoms with Gasteiger partial charge in [0.1, 0.15) is 0 Å². The lowest BCUT2D eigenvalue weighted by Crippen LogP contribution is -2.30. The summed E-state index contributed by atoms with van der Waals surface area (Å²) in [5.41, 5.74) is 2.22. The number of sulfonamides is 1. The first-order chi connectivity index (χ1) is 14.7. The topological polar surface area (TPSA) is 83.6 Å². The number of likely N-dealkylation sites (tertiary alicyclic amines) is 1. The molecule has 0 radical (unpaired) electrons. The average molecular weight is 461 g/mol. The third-order valence-corrected chi connectivity index (χ3v) is 8.24. The molecule has 1 saturated heterocycles. The van der Waals surface area contributed by atoms with E-state index in [2.05, 4.69) is 4.72 Å². The van der Waals surface area contributed by atoms with Crippen LogP contribution in [-0.4, -0.2) is 25.1 Å². The van der Waals surface area contributed by atoms with Gasteiger partial charge in [-0.1, -0.05) is 42.6 Å². The number of rotatable bonds is 5. The first-order valence-corrected chi connectivity index (χ1v) is 12.3. The first-order valence-electron chi connectivity index (χ1n) is 10.4. The molecule has 1 saturated carbocycles. The van der Waals surface area contributed by atoms with Crippen LogP contribution in [0, 0.1) is 25.7 Å². The van der Waals surface area contributed by atoms with Crippen molar-refractivity contribution in [2.45, 2.75) is 51.0 Å². The number of benzene rings is 2. The highest BCUT2D eigenvalue weighted by Crippen LogP contribution is 2.38. The summed E-state index contributed by atoms with van der Waals surface area (Å²) >= 11 is 6.12. The number of fused-ring (bicyclic) bond motifs is 1. The van der Waals surface area contributed by atoms with Crippen molar-refractivity contribution in [2.24, 2.45) is 11.8 Å². The molecule has 31 heavy (non-hydrogen) atoms. The zero-order valence-electron chi connectivity index (χ0n) is 17.5. The van der Waals surface area contributed by atoms with Crippen LogP contribution < -0.4 is 4.72 Å². The van der Waals surface area contributed by atoms with Gasteiger partial charge in [0.2, 0.25) is 11.8 Å². The highest BCUT2D eigenvalue weighted by atomic mass is 35.5. The van der Waals surface area contributed by atoms with E-state index in [-0.39, 0.29) is 35.1 Å². The lowest BCUT2D eigenvalue weighted by Gasteiger charge is -2.19. The second-order valence-electron chi connectivity index (χ2n) is 8.38. The van der Waals surface area contributed by atoms with Crippen molar-refractivity contribution >= 4 is 39.1 Å². The van der Waals surface area contributed by atoms with E-state index in [0.29, 0.717) is 27.4 Å². The predicted molar refractivity (Wildman–Crippen MR) is 119 cm³/mol. The van der Waals surface area contributed by atoms with Gasteiger partial charge in [-0.15, -0.1) is 0 Å². The molecule has 1 heterocycles. The smallest absolute Gasteiger partial charge is 0.262 e. The monoisotopic (exact) mass is 460 g/mol. The van der Waals surface area contributed by atoms with Crippen LogP contribution in [0.5, 0.6) is 0 Å². The third kappa shape index (κ3) is 4.08. The minimum Gasteiger partial charge on any atom is -0.279 e. The second-order valence-corrected chi connectivity index (χ2v) is 10.4. The summed E-state index contributed by atoms with van der Waals surface area (Å²) < 4.78 is 28.8. The number of carbonyl (C=O) groups is 2. The van der Waals surface area contributed by atoms with Crippen LogP contribution in [0.25, 0.3) is 0 Å². The number of nitrogens with zero attached hydrogens (tertiary/aromatic N) is 1. The van der Waals surface area contributed by atoms with E-state index in [0.717, 1.165) is 25.7 Å². The number of hydrogen-bond donors (Lipinski definition) is 1. The van der Waals surface area contributed by atoms with Gasteiger partial charge in [-0.05, 0) is 61.6 Å². The minimum atomic E-state index is -3.88. The molecule has 1 aliphatic carbocycles. The van der Waals surface area contributed by atoms with Crippen molar-refractivity contribution in [3.63, 3.8) is 0 Å². The average Bonchev–Trinajstić information content (AvgIpc) is 2.97. The van der Waals surface area contributed by atoms with Crippen molar-refractivity contribution in [1.29, 1.82) is 0 Å². The molecule has 2 atom stereocenters. The summed E-state index contributed by atoms with van der Waals surface area (Å²) in [4.78, 5) is 27.0. The Labute approximate surface area is 187 Å². The van der Waals surface area contributed by atoms with E-state index < -0.39 is 10.0 Å². The Morgan fingerprint density at radius 2 is 1.68 bits per heavy atom. The van der Waals surface area contributed by atoms with Crippen LogP contribution in [0.4, 0.5) is 5.69 Å². The van der Waals surface area contributed by atoms with Crippen LogP contribution in [0.3, 0.4) is 0 Å². The lowest BCUT2D eigenvalue weighted by atomic mass is 9.81. The van der Waals surface area contributed by atoms with Gasteiger partial charge in [0, 0.05) is 5.02 Å². The standard InChI is InChI=1S/C23H25ClN2O4S/c1-14-10-11-16(13-26-22(27)17-6-3-4-7-18(17)23(26)28)12-21(14)31(29,30)25-20-9-5-8-19(24)15(20)2/h5,8-12,17-18,25H,3-4,6-7,13H2,1-2H3/t17-,18-/m0/s1. The number of halogens is 1. The van der Waals surface area contributed by atoms with Gasteiger partial charge in [-0.2, -0.15) is 0 Å². The second kappa shape index (κ2) is 8.28. The normalized spacial score (nSPS) is 21.3. The molecule has 1 aliphatic heterocycles. The first kappa shape index (κ1) is 21.8. The fourth-order valence-corrected chi connectivity index (χ4v) is 6.11. The largest absolute Gasteiger partial charge is 0.279 e. The van der Waals surface area contributed by atoms with Gasteiger partial charge < -0.3 is 0 Å². The summed E-state index contributed by atoms with van der Waals surface area (Å²) in [6, 6.07) is 10.0. The molecule has 2 fully saturated rings. The third-order valence-electron chi connectivity index (χ3n) is 6.33. The molecule has 164 valence electrons. The van der Waals surface area contributed by atoms with E-state index in [1.807, 2.05) is 0 Å². The van der Waals surface area contributed by atoms with Gasteiger partial charge in [0.25, 0.3) is 10.0 Å². The molecule has 2 amide bonds.